The number of hydrogen-bond donors (Lipinski definition) is 0. The Labute approximate surface area is 229 Å². The summed E-state index contributed by atoms with van der Waals surface area (Å²) in [5, 5.41) is 0. The van der Waals surface area contributed by atoms with E-state index in [1.54, 1.807) is 45.6 Å². The Morgan fingerprint density at radius 2 is 1.26 bits per heavy atom. The van der Waals surface area contributed by atoms with Gasteiger partial charge in [-0.05, 0) is 74.1 Å². The minimum absolute atomic E-state index is 0. The summed E-state index contributed by atoms with van der Waals surface area (Å²) in [6.45, 7) is 3.74. The predicted octanol–water partition coefficient (Wildman–Crippen LogP) is 2.43. The van der Waals surface area contributed by atoms with E-state index in [0.717, 1.165) is 53.0 Å². The Morgan fingerprint density at radius 1 is 0.714 bits per heavy atom. The van der Waals surface area contributed by atoms with E-state index < -0.39 is 7.82 Å². The molecule has 0 radical (unpaired) electrons. The Hall–Kier alpha value is -2.15. The molecule has 0 aliphatic carbocycles. The first-order valence-electron chi connectivity index (χ1n) is 10.9. The van der Waals surface area contributed by atoms with Crippen LogP contribution >= 0.6 is 7.82 Å². The van der Waals surface area contributed by atoms with Gasteiger partial charge in [0.05, 0.1) is 21.3 Å². The molecule has 0 fully saturated rings. The van der Waals surface area contributed by atoms with E-state index in [-0.39, 0.29) is 41.1 Å². The van der Waals surface area contributed by atoms with Crippen LogP contribution in [0.5, 0.6) is 28.7 Å². The van der Waals surface area contributed by atoms with E-state index in [0.29, 0.717) is 5.75 Å². The molecule has 0 N–H and O–H groups in total. The minimum atomic E-state index is -4.57. The summed E-state index contributed by atoms with van der Waals surface area (Å²) in [7, 11) is 0.274. The van der Waals surface area contributed by atoms with Gasteiger partial charge in [-0.3, -0.25) is 0 Å². The van der Waals surface area contributed by atoms with Gasteiger partial charge in [0, 0.05) is 17.7 Å². The molecule has 3 aromatic carbocycles. The Morgan fingerprint density at radius 3 is 1.77 bits per heavy atom. The summed E-state index contributed by atoms with van der Waals surface area (Å²) < 4.78 is 38.9. The topological polar surface area (TPSA) is 86.3 Å². The fraction of sp³-hybridized carbons (Fsp3) is 0.308. The first-order chi connectivity index (χ1) is 16.2. The van der Waals surface area contributed by atoms with Gasteiger partial charge in [0.25, 0.3) is 0 Å². The Kier molecular flexibility index (Phi) is 11.0. The smallest absolute Gasteiger partial charge is 0.736 e. The normalized spacial score (nSPS) is 12.2. The minimum Gasteiger partial charge on any atom is -0.736 e. The Balaban J connectivity index is 0.00000432. The summed E-state index contributed by atoms with van der Waals surface area (Å²) in [6.07, 6.45) is 2.37. The fourth-order valence-electron chi connectivity index (χ4n) is 3.77. The average molecular weight is 508 g/mol. The largest absolute Gasteiger partial charge is 1.00 e. The third-order valence-corrected chi connectivity index (χ3v) is 6.13. The van der Waals surface area contributed by atoms with Crippen molar-refractivity contribution in [2.24, 2.45) is 0 Å². The summed E-state index contributed by atoms with van der Waals surface area (Å²) in [5.41, 5.74) is 3.84. The molecule has 3 aromatic rings. The molecule has 0 aliphatic rings. The van der Waals surface area contributed by atoms with Crippen LogP contribution in [0.25, 0.3) is 0 Å². The van der Waals surface area contributed by atoms with E-state index in [2.05, 4.69) is 0 Å². The van der Waals surface area contributed by atoms with Crippen LogP contribution in [0.2, 0.25) is 0 Å². The number of rotatable bonds is 11. The summed E-state index contributed by atoms with van der Waals surface area (Å²) in [6, 6.07) is 15.8. The molecule has 0 aliphatic heterocycles. The molecule has 3 rings (SSSR count). The molecule has 0 saturated carbocycles. The number of methoxy groups -OCH3 is 3. The molecule has 182 valence electrons. The standard InChI is InChI=1S/C26H31O7P.Na/c1-18-13-19(2)15-23(14-18)33-34(27,28)32-21-11-9-20(10-12-21)7-6-8-24-25(30-4)16-22(29-3)17-26(24)31-5;/h9-17H,6-8H2,1-5H3,(H,27,28);/q;+1/p-1. The molecule has 0 spiro atoms. The van der Waals surface area contributed by atoms with Crippen molar-refractivity contribution >= 4 is 7.82 Å². The molecule has 0 bridgehead atoms. The zero-order chi connectivity index (χ0) is 24.7. The second-order valence-corrected chi connectivity index (χ2v) is 9.22. The molecular formula is C26H30NaO7P. The van der Waals surface area contributed by atoms with Crippen molar-refractivity contribution in [1.82, 2.24) is 0 Å². The van der Waals surface area contributed by atoms with Gasteiger partial charge in [0.2, 0.25) is 0 Å². The molecule has 0 saturated heterocycles. The van der Waals surface area contributed by atoms with Crippen LogP contribution in [0, 0.1) is 13.8 Å². The zero-order valence-corrected chi connectivity index (χ0v) is 24.0. The third-order valence-electron chi connectivity index (χ3n) is 5.26. The molecule has 35 heavy (non-hydrogen) atoms. The van der Waals surface area contributed by atoms with E-state index >= 15 is 0 Å². The monoisotopic (exact) mass is 508 g/mol. The van der Waals surface area contributed by atoms with Gasteiger partial charge in [-0.1, -0.05) is 18.2 Å². The van der Waals surface area contributed by atoms with Crippen LogP contribution in [-0.4, -0.2) is 21.3 Å². The first-order valence-corrected chi connectivity index (χ1v) is 12.4. The van der Waals surface area contributed by atoms with Gasteiger partial charge in [-0.25, -0.2) is 4.57 Å². The van der Waals surface area contributed by atoms with E-state index in [4.69, 9.17) is 23.3 Å². The van der Waals surface area contributed by atoms with Crippen molar-refractivity contribution in [3.05, 3.63) is 76.9 Å². The number of ether oxygens (including phenoxy) is 3. The van der Waals surface area contributed by atoms with Crippen LogP contribution in [0.1, 0.15) is 28.7 Å². The Bertz CT molecular complexity index is 1120. The van der Waals surface area contributed by atoms with Crippen LogP contribution < -0.4 is 57.7 Å². The number of benzene rings is 3. The number of aryl methyl sites for hydroxylation is 3. The quantitative estimate of drug-likeness (QED) is 0.291. The van der Waals surface area contributed by atoms with Gasteiger partial charge in [-0.15, -0.1) is 0 Å². The number of phosphoric acid groups is 1. The number of hydrogen-bond acceptors (Lipinski definition) is 7. The molecule has 1 unspecified atom stereocenters. The molecular weight excluding hydrogens is 478 g/mol. The summed E-state index contributed by atoms with van der Waals surface area (Å²) in [4.78, 5) is 12.3. The van der Waals surface area contributed by atoms with E-state index in [1.165, 1.54) is 0 Å². The van der Waals surface area contributed by atoms with Crippen LogP contribution in [-0.2, 0) is 17.4 Å². The second-order valence-electron chi connectivity index (χ2n) is 7.96. The van der Waals surface area contributed by atoms with E-state index in [9.17, 15) is 9.46 Å². The van der Waals surface area contributed by atoms with Crippen molar-refractivity contribution < 1.29 is 62.3 Å². The van der Waals surface area contributed by atoms with Gasteiger partial charge in [-0.2, -0.15) is 0 Å². The van der Waals surface area contributed by atoms with Crippen molar-refractivity contribution in [2.45, 2.75) is 33.1 Å². The molecule has 7 nitrogen and oxygen atoms in total. The maximum Gasteiger partial charge on any atom is 1.00 e. The van der Waals surface area contributed by atoms with Crippen LogP contribution in [0.15, 0.2) is 54.6 Å². The average Bonchev–Trinajstić information content (AvgIpc) is 2.78. The maximum absolute atomic E-state index is 12.3. The van der Waals surface area contributed by atoms with Crippen molar-refractivity contribution in [3.63, 3.8) is 0 Å². The fourth-order valence-corrected chi connectivity index (χ4v) is 4.55. The van der Waals surface area contributed by atoms with Gasteiger partial charge in [0.15, 0.2) is 0 Å². The van der Waals surface area contributed by atoms with Crippen molar-refractivity contribution in [3.8, 4) is 28.7 Å². The molecule has 0 aromatic heterocycles. The van der Waals surface area contributed by atoms with E-state index in [1.807, 2.05) is 44.2 Å². The predicted molar refractivity (Wildman–Crippen MR) is 129 cm³/mol. The zero-order valence-electron chi connectivity index (χ0n) is 21.1. The molecule has 0 amide bonds. The maximum atomic E-state index is 12.3. The van der Waals surface area contributed by atoms with Crippen LogP contribution in [0.4, 0.5) is 0 Å². The van der Waals surface area contributed by atoms with Gasteiger partial charge < -0.3 is 28.2 Å². The molecule has 0 heterocycles. The third kappa shape index (κ3) is 8.48. The number of phosphoric ester groups is 1. The SMILES string of the molecule is COc1cc(OC)c(CCCc2ccc(OP(=O)([O-])Oc3cc(C)cc(C)c3)cc2)c(OC)c1.[Na+]. The van der Waals surface area contributed by atoms with Gasteiger partial charge >= 0.3 is 37.4 Å². The second kappa shape index (κ2) is 13.2. The van der Waals surface area contributed by atoms with Crippen molar-refractivity contribution in [2.75, 3.05) is 21.3 Å². The van der Waals surface area contributed by atoms with Crippen molar-refractivity contribution in [1.29, 1.82) is 0 Å². The molecule has 9 heteroatoms. The van der Waals surface area contributed by atoms with Gasteiger partial charge in [0.1, 0.15) is 28.7 Å². The molecule has 1 atom stereocenters. The summed E-state index contributed by atoms with van der Waals surface area (Å²) in [5.74, 6) is 2.54. The van der Waals surface area contributed by atoms with Crippen LogP contribution in [0.3, 0.4) is 0 Å². The first kappa shape index (κ1) is 29.1. The summed E-state index contributed by atoms with van der Waals surface area (Å²) >= 11 is 0.